The van der Waals surface area contributed by atoms with Gasteiger partial charge in [-0.1, -0.05) is 11.6 Å². The van der Waals surface area contributed by atoms with Gasteiger partial charge >= 0.3 is 0 Å². The number of allylic oxidation sites excluding steroid dienone is 1. The Kier molecular flexibility index (Phi) is 3.69. The second-order valence-electron chi connectivity index (χ2n) is 4.81. The highest BCUT2D eigenvalue weighted by Gasteiger charge is 2.37. The maximum absolute atomic E-state index is 12.5. The van der Waals surface area contributed by atoms with E-state index in [4.69, 9.17) is 16.3 Å². The predicted octanol–water partition coefficient (Wildman–Crippen LogP) is 2.93. The lowest BCUT2D eigenvalue weighted by molar-refractivity contribution is -0.143. The number of amides is 1. The molecule has 1 aromatic heterocycles. The molecular weight excluding hydrogens is 286 g/mol. The van der Waals surface area contributed by atoms with Crippen LogP contribution in [0.4, 0.5) is 0 Å². The monoisotopic (exact) mass is 299 g/mol. The van der Waals surface area contributed by atoms with Crippen LogP contribution in [0.1, 0.15) is 25.6 Å². The summed E-state index contributed by atoms with van der Waals surface area (Å²) in [5.41, 5.74) is -0.428. The van der Waals surface area contributed by atoms with Crippen LogP contribution in [-0.2, 0) is 14.3 Å². The molecule has 1 amide bonds. The van der Waals surface area contributed by atoms with Crippen molar-refractivity contribution in [2.45, 2.75) is 26.3 Å². The molecule has 1 aromatic rings. The Morgan fingerprint density at radius 2 is 2.16 bits per heavy atom. The number of carbonyl (C=O) groups excluding carboxylic acids is 2. The maximum atomic E-state index is 12.5. The van der Waals surface area contributed by atoms with E-state index in [9.17, 15) is 9.59 Å². The van der Waals surface area contributed by atoms with E-state index in [1.165, 1.54) is 16.2 Å². The number of nitrogens with zero attached hydrogens (tertiary/aromatic N) is 1. The van der Waals surface area contributed by atoms with Gasteiger partial charge < -0.3 is 9.53 Å². The molecule has 0 fully saturated rings. The third kappa shape index (κ3) is 2.53. The lowest BCUT2D eigenvalue weighted by Gasteiger charge is -2.37. The summed E-state index contributed by atoms with van der Waals surface area (Å²) in [5, 5.41) is 0. The van der Waals surface area contributed by atoms with E-state index in [0.29, 0.717) is 15.7 Å². The molecule has 0 saturated heterocycles. The fraction of sp³-hybridized carbons (Fsp3) is 0.385. The summed E-state index contributed by atoms with van der Waals surface area (Å²) in [5.74, 6) is 0.348. The van der Waals surface area contributed by atoms with Crippen molar-refractivity contribution in [1.29, 1.82) is 0 Å². The van der Waals surface area contributed by atoms with E-state index in [-0.39, 0.29) is 12.6 Å². The molecule has 0 radical (unpaired) electrons. The van der Waals surface area contributed by atoms with Crippen molar-refractivity contribution < 1.29 is 14.3 Å². The smallest absolute Gasteiger partial charge is 0.262 e. The Hall–Kier alpha value is -1.33. The lowest BCUT2D eigenvalue weighted by Crippen LogP contribution is -2.52. The van der Waals surface area contributed by atoms with Gasteiger partial charge in [-0.2, -0.15) is 0 Å². The summed E-state index contributed by atoms with van der Waals surface area (Å²) in [6, 6.07) is 3.52. The van der Waals surface area contributed by atoms with Crippen molar-refractivity contribution in [3.8, 4) is 0 Å². The molecule has 0 unspecified atom stereocenters. The average molecular weight is 300 g/mol. The molecule has 4 nitrogen and oxygen atoms in total. The number of aldehydes is 1. The standard InChI is InChI=1S/C13H14ClNO3S/c1-8-11(9-4-5-10(14)19-9)12(17)15(7-18-8)13(2,3)6-16/h4-6H,7H2,1-3H3. The Balaban J connectivity index is 2.43. The van der Waals surface area contributed by atoms with Crippen LogP contribution in [0.3, 0.4) is 0 Å². The minimum atomic E-state index is -0.899. The first-order valence-electron chi connectivity index (χ1n) is 5.74. The van der Waals surface area contributed by atoms with Gasteiger partial charge in [0.1, 0.15) is 12.0 Å². The summed E-state index contributed by atoms with van der Waals surface area (Å²) in [6.07, 6.45) is 0.744. The third-order valence-electron chi connectivity index (χ3n) is 3.02. The zero-order valence-corrected chi connectivity index (χ0v) is 12.5. The number of halogens is 1. The van der Waals surface area contributed by atoms with Crippen LogP contribution >= 0.6 is 22.9 Å². The first kappa shape index (κ1) is 14.1. The Morgan fingerprint density at radius 1 is 1.47 bits per heavy atom. The molecule has 0 atom stereocenters. The highest BCUT2D eigenvalue weighted by Crippen LogP contribution is 2.34. The third-order valence-corrected chi connectivity index (χ3v) is 4.27. The van der Waals surface area contributed by atoms with Crippen molar-refractivity contribution >= 4 is 40.7 Å². The Morgan fingerprint density at radius 3 is 2.68 bits per heavy atom. The molecule has 102 valence electrons. The number of hydrogen-bond donors (Lipinski definition) is 0. The van der Waals surface area contributed by atoms with Crippen LogP contribution in [-0.4, -0.2) is 29.4 Å². The summed E-state index contributed by atoms with van der Waals surface area (Å²) < 4.78 is 6.12. The fourth-order valence-corrected chi connectivity index (χ4v) is 2.92. The number of rotatable bonds is 3. The van der Waals surface area contributed by atoms with E-state index in [1.54, 1.807) is 32.9 Å². The van der Waals surface area contributed by atoms with Crippen molar-refractivity contribution in [3.05, 3.63) is 27.1 Å². The molecular formula is C13H14ClNO3S. The summed E-state index contributed by atoms with van der Waals surface area (Å²) in [6.45, 7) is 5.19. The van der Waals surface area contributed by atoms with Crippen LogP contribution in [0.15, 0.2) is 17.9 Å². The van der Waals surface area contributed by atoms with Crippen LogP contribution in [0.25, 0.3) is 5.57 Å². The molecule has 0 saturated carbocycles. The molecule has 19 heavy (non-hydrogen) atoms. The molecule has 0 spiro atoms. The van der Waals surface area contributed by atoms with Crippen molar-refractivity contribution in [2.75, 3.05) is 6.73 Å². The largest absolute Gasteiger partial charge is 0.477 e. The predicted molar refractivity (Wildman–Crippen MR) is 74.9 cm³/mol. The Bertz CT molecular complexity index is 562. The summed E-state index contributed by atoms with van der Waals surface area (Å²) >= 11 is 7.22. The number of carbonyl (C=O) groups is 2. The minimum Gasteiger partial charge on any atom is -0.477 e. The molecule has 0 aromatic carbocycles. The van der Waals surface area contributed by atoms with E-state index in [2.05, 4.69) is 0 Å². The summed E-state index contributed by atoms with van der Waals surface area (Å²) in [4.78, 5) is 25.8. The maximum Gasteiger partial charge on any atom is 0.262 e. The number of thiophene rings is 1. The van der Waals surface area contributed by atoms with Gasteiger partial charge in [0.05, 0.1) is 15.4 Å². The minimum absolute atomic E-state index is 0.0824. The van der Waals surface area contributed by atoms with Gasteiger partial charge in [-0.05, 0) is 32.9 Å². The molecule has 0 bridgehead atoms. The van der Waals surface area contributed by atoms with Crippen LogP contribution in [0.5, 0.6) is 0 Å². The SMILES string of the molecule is CC1=C(c2ccc(Cl)s2)C(=O)N(C(C)(C)C=O)CO1. The van der Waals surface area contributed by atoms with Gasteiger partial charge in [0, 0.05) is 4.88 Å². The highest BCUT2D eigenvalue weighted by atomic mass is 35.5. The van der Waals surface area contributed by atoms with E-state index < -0.39 is 5.54 Å². The highest BCUT2D eigenvalue weighted by molar-refractivity contribution is 7.17. The molecule has 2 rings (SSSR count). The molecule has 0 N–H and O–H groups in total. The van der Waals surface area contributed by atoms with Crippen LogP contribution < -0.4 is 0 Å². The molecule has 1 aliphatic rings. The first-order chi connectivity index (χ1) is 8.86. The second-order valence-corrected chi connectivity index (χ2v) is 6.53. The fourth-order valence-electron chi connectivity index (χ4n) is 1.80. The lowest BCUT2D eigenvalue weighted by atomic mass is 10.0. The number of hydrogen-bond acceptors (Lipinski definition) is 4. The molecule has 2 heterocycles. The zero-order valence-electron chi connectivity index (χ0n) is 10.9. The normalized spacial score (nSPS) is 16.6. The number of ether oxygens (including phenoxy) is 1. The van der Waals surface area contributed by atoms with E-state index >= 15 is 0 Å². The molecule has 0 aliphatic carbocycles. The Labute approximate surface area is 120 Å². The van der Waals surface area contributed by atoms with Gasteiger partial charge in [0.15, 0.2) is 6.73 Å². The van der Waals surface area contributed by atoms with E-state index in [0.717, 1.165) is 11.2 Å². The van der Waals surface area contributed by atoms with Gasteiger partial charge in [-0.25, -0.2) is 0 Å². The van der Waals surface area contributed by atoms with Crippen molar-refractivity contribution in [1.82, 2.24) is 4.90 Å². The van der Waals surface area contributed by atoms with Gasteiger partial charge in [-0.15, -0.1) is 11.3 Å². The van der Waals surface area contributed by atoms with E-state index in [1.807, 2.05) is 0 Å². The topological polar surface area (TPSA) is 46.6 Å². The van der Waals surface area contributed by atoms with Gasteiger partial charge in [0.25, 0.3) is 5.91 Å². The van der Waals surface area contributed by atoms with Crippen molar-refractivity contribution in [2.24, 2.45) is 0 Å². The quantitative estimate of drug-likeness (QED) is 0.806. The van der Waals surface area contributed by atoms with Crippen LogP contribution in [0, 0.1) is 0 Å². The van der Waals surface area contributed by atoms with Crippen LogP contribution in [0.2, 0.25) is 4.34 Å². The first-order valence-corrected chi connectivity index (χ1v) is 6.94. The second kappa shape index (κ2) is 4.98. The molecule has 1 aliphatic heterocycles. The van der Waals surface area contributed by atoms with Gasteiger partial charge in [0.2, 0.25) is 0 Å². The van der Waals surface area contributed by atoms with Gasteiger partial charge in [-0.3, -0.25) is 9.69 Å². The van der Waals surface area contributed by atoms with Crippen molar-refractivity contribution in [3.63, 3.8) is 0 Å². The molecule has 6 heteroatoms. The zero-order chi connectivity index (χ0) is 14.2. The summed E-state index contributed by atoms with van der Waals surface area (Å²) in [7, 11) is 0. The average Bonchev–Trinajstić information content (AvgIpc) is 2.75.